The Balaban J connectivity index is 1.58. The highest BCUT2D eigenvalue weighted by molar-refractivity contribution is 8.15. The summed E-state index contributed by atoms with van der Waals surface area (Å²) in [5.41, 5.74) is 7.18. The molecule has 0 bridgehead atoms. The second kappa shape index (κ2) is 11.7. The lowest BCUT2D eigenvalue weighted by Gasteiger charge is -2.36. The van der Waals surface area contributed by atoms with Gasteiger partial charge in [0.1, 0.15) is 23.5 Å². The number of anilines is 1. The number of amides is 1. The number of hydrogen-bond acceptors (Lipinski definition) is 8. The van der Waals surface area contributed by atoms with Gasteiger partial charge in [0.15, 0.2) is 5.17 Å². The van der Waals surface area contributed by atoms with Crippen LogP contribution in [0.3, 0.4) is 0 Å². The zero-order valence-electron chi connectivity index (χ0n) is 20.2. The number of hydrogen-bond donors (Lipinski definition) is 4. The van der Waals surface area contributed by atoms with Crippen molar-refractivity contribution in [1.29, 1.82) is 5.41 Å². The number of nitrogens with zero attached hydrogens (tertiary/aromatic N) is 2. The molecular weight excluding hydrogens is 464 g/mol. The maximum atomic E-state index is 12.8. The molecule has 2 aliphatic heterocycles. The molecule has 4 atom stereocenters. The number of amidine groups is 2. The van der Waals surface area contributed by atoms with E-state index in [0.717, 1.165) is 11.4 Å². The van der Waals surface area contributed by atoms with Crippen molar-refractivity contribution in [1.82, 2.24) is 16.2 Å². The lowest BCUT2D eigenvalue weighted by Crippen LogP contribution is -2.51. The Hall–Kier alpha value is -2.92. The van der Waals surface area contributed by atoms with Crippen LogP contribution in [0.25, 0.3) is 0 Å². The summed E-state index contributed by atoms with van der Waals surface area (Å²) in [7, 11) is 1.61. The Kier molecular flexibility index (Phi) is 8.40. The van der Waals surface area contributed by atoms with Gasteiger partial charge < -0.3 is 14.8 Å². The van der Waals surface area contributed by atoms with Crippen LogP contribution in [0.5, 0.6) is 11.5 Å². The first-order valence-electron chi connectivity index (χ1n) is 11.8. The quantitative estimate of drug-likeness (QED) is 0.394. The van der Waals surface area contributed by atoms with E-state index in [2.05, 4.69) is 16.2 Å². The number of carbonyl (C=O) groups is 1. The number of thioether (sulfide) groups is 1. The minimum atomic E-state index is -0.343. The second-order valence-corrected chi connectivity index (χ2v) is 9.56. The number of benzene rings is 2. The highest BCUT2D eigenvalue weighted by atomic mass is 32.2. The van der Waals surface area contributed by atoms with E-state index in [0.29, 0.717) is 36.3 Å². The molecule has 1 fully saturated rings. The van der Waals surface area contributed by atoms with E-state index < -0.39 is 0 Å². The number of nitrogens with one attached hydrogen (secondary N) is 4. The maximum Gasteiger partial charge on any atom is 0.233 e. The van der Waals surface area contributed by atoms with E-state index >= 15 is 0 Å². The van der Waals surface area contributed by atoms with Crippen molar-refractivity contribution in [2.75, 3.05) is 25.2 Å². The predicted octanol–water partition coefficient (Wildman–Crippen LogP) is 3.35. The average molecular weight is 497 g/mol. The summed E-state index contributed by atoms with van der Waals surface area (Å²) < 4.78 is 11.0. The number of fused-ring (bicyclic) bond motifs is 1. The normalized spacial score (nSPS) is 22.4. The predicted molar refractivity (Wildman–Crippen MR) is 140 cm³/mol. The fraction of sp³-hybridized carbons (Fsp3) is 0.400. The fourth-order valence-corrected chi connectivity index (χ4v) is 5.15. The molecule has 0 spiro atoms. The molecule has 35 heavy (non-hydrogen) atoms. The molecule has 10 heteroatoms. The maximum absolute atomic E-state index is 12.8. The van der Waals surface area contributed by atoms with Crippen LogP contribution in [-0.4, -0.2) is 54.6 Å². The average Bonchev–Trinajstić information content (AvgIpc) is 3.24. The number of ether oxygens (including phenoxy) is 2. The minimum absolute atomic E-state index is 0.0466. The summed E-state index contributed by atoms with van der Waals surface area (Å²) in [5, 5.41) is 12.2. The Bertz CT molecular complexity index is 1050. The standard InChI is InChI=1S/C25H32N6O3S/c1-4-20(24(32)27-14-15-33-3)35-25-28-23-21(16(2)29-30-23)22(26)31(25)17-10-12-19(13-11-17)34-18-8-6-5-7-9-18/h5-13,16,20-21,23,26,29-30H,4,14-15H2,1-3H3,(H,27,32). The topological polar surface area (TPSA) is 111 Å². The van der Waals surface area contributed by atoms with Crippen LogP contribution in [0.15, 0.2) is 59.6 Å². The Morgan fingerprint density at radius 1 is 1.17 bits per heavy atom. The molecule has 4 N–H and O–H groups in total. The number of hydrazine groups is 1. The second-order valence-electron chi connectivity index (χ2n) is 8.39. The van der Waals surface area contributed by atoms with Gasteiger partial charge >= 0.3 is 0 Å². The highest BCUT2D eigenvalue weighted by Gasteiger charge is 2.44. The summed E-state index contributed by atoms with van der Waals surface area (Å²) in [6.07, 6.45) is 0.370. The van der Waals surface area contributed by atoms with Gasteiger partial charge in [-0.1, -0.05) is 36.9 Å². The summed E-state index contributed by atoms with van der Waals surface area (Å²) in [6.45, 7) is 4.92. The van der Waals surface area contributed by atoms with Crippen LogP contribution < -0.4 is 25.8 Å². The molecule has 2 aliphatic rings. The first-order chi connectivity index (χ1) is 17.0. The van der Waals surface area contributed by atoms with Crippen LogP contribution in [-0.2, 0) is 9.53 Å². The first-order valence-corrected chi connectivity index (χ1v) is 12.6. The number of aliphatic imine (C=N–C) groups is 1. The van der Waals surface area contributed by atoms with Gasteiger partial charge in [-0.2, -0.15) is 0 Å². The Labute approximate surface area is 210 Å². The molecule has 0 radical (unpaired) electrons. The van der Waals surface area contributed by atoms with E-state index in [1.807, 2.05) is 73.3 Å². The summed E-state index contributed by atoms with van der Waals surface area (Å²) in [6, 6.07) is 17.3. The molecule has 186 valence electrons. The van der Waals surface area contributed by atoms with Gasteiger partial charge in [0.2, 0.25) is 5.91 Å². The molecule has 1 amide bonds. The van der Waals surface area contributed by atoms with Gasteiger partial charge in [-0.25, -0.2) is 10.4 Å². The highest BCUT2D eigenvalue weighted by Crippen LogP contribution is 2.34. The minimum Gasteiger partial charge on any atom is -0.457 e. The Morgan fingerprint density at radius 2 is 1.89 bits per heavy atom. The van der Waals surface area contributed by atoms with Gasteiger partial charge in [0.05, 0.1) is 17.8 Å². The fourth-order valence-electron chi connectivity index (χ4n) is 4.06. The molecule has 2 aromatic rings. The van der Waals surface area contributed by atoms with Gasteiger partial charge in [0, 0.05) is 25.4 Å². The monoisotopic (exact) mass is 496 g/mol. The van der Waals surface area contributed by atoms with Crippen LogP contribution in [0, 0.1) is 11.3 Å². The summed E-state index contributed by atoms with van der Waals surface area (Å²) in [5.74, 6) is 1.70. The number of methoxy groups -OCH3 is 1. The van der Waals surface area contributed by atoms with E-state index in [-0.39, 0.29) is 29.3 Å². The van der Waals surface area contributed by atoms with Crippen LogP contribution in [0.2, 0.25) is 0 Å². The molecular formula is C25H32N6O3S. The van der Waals surface area contributed by atoms with Gasteiger partial charge in [-0.3, -0.25) is 20.5 Å². The molecule has 0 saturated carbocycles. The zero-order valence-corrected chi connectivity index (χ0v) is 21.0. The van der Waals surface area contributed by atoms with Crippen molar-refractivity contribution in [2.24, 2.45) is 10.9 Å². The van der Waals surface area contributed by atoms with Gasteiger partial charge in [0.25, 0.3) is 0 Å². The molecule has 4 unspecified atom stereocenters. The van der Waals surface area contributed by atoms with Crippen LogP contribution in [0.1, 0.15) is 20.3 Å². The van der Waals surface area contributed by atoms with Crippen LogP contribution >= 0.6 is 11.8 Å². The molecule has 2 aromatic carbocycles. The first kappa shape index (κ1) is 25.2. The van der Waals surface area contributed by atoms with E-state index in [9.17, 15) is 4.79 Å². The Morgan fingerprint density at radius 3 is 2.57 bits per heavy atom. The number of para-hydroxylation sites is 1. The lowest BCUT2D eigenvalue weighted by atomic mass is 9.97. The molecule has 4 rings (SSSR count). The van der Waals surface area contributed by atoms with Crippen molar-refractivity contribution in [3.63, 3.8) is 0 Å². The number of carbonyl (C=O) groups excluding carboxylic acids is 1. The van der Waals surface area contributed by atoms with E-state index in [1.54, 1.807) is 7.11 Å². The SMILES string of the molecule is CCC(SC1=NC2NNC(C)C2C(=N)N1c1ccc(Oc2ccccc2)cc1)C(=O)NCCOC. The van der Waals surface area contributed by atoms with Crippen molar-refractivity contribution < 1.29 is 14.3 Å². The molecule has 2 heterocycles. The van der Waals surface area contributed by atoms with Crippen LogP contribution in [0.4, 0.5) is 5.69 Å². The third-order valence-corrected chi connectivity index (χ3v) is 7.26. The molecule has 9 nitrogen and oxygen atoms in total. The van der Waals surface area contributed by atoms with E-state index in [1.165, 1.54) is 11.8 Å². The third-order valence-electron chi connectivity index (χ3n) is 5.93. The molecule has 0 aliphatic carbocycles. The smallest absolute Gasteiger partial charge is 0.233 e. The zero-order chi connectivity index (χ0) is 24.8. The molecule has 0 aromatic heterocycles. The van der Waals surface area contributed by atoms with Crippen molar-refractivity contribution in [3.8, 4) is 11.5 Å². The molecule has 1 saturated heterocycles. The number of rotatable bonds is 9. The summed E-state index contributed by atoms with van der Waals surface area (Å²) in [4.78, 5) is 19.5. The van der Waals surface area contributed by atoms with Crippen molar-refractivity contribution in [3.05, 3.63) is 54.6 Å². The third kappa shape index (κ3) is 5.84. The van der Waals surface area contributed by atoms with Gasteiger partial charge in [-0.15, -0.1) is 0 Å². The van der Waals surface area contributed by atoms with Gasteiger partial charge in [-0.05, 0) is 49.7 Å². The van der Waals surface area contributed by atoms with Crippen molar-refractivity contribution >= 4 is 34.4 Å². The largest absolute Gasteiger partial charge is 0.457 e. The van der Waals surface area contributed by atoms with E-state index in [4.69, 9.17) is 19.9 Å². The summed E-state index contributed by atoms with van der Waals surface area (Å²) >= 11 is 1.38. The van der Waals surface area contributed by atoms with Crippen molar-refractivity contribution in [2.45, 2.75) is 37.7 Å². The lowest BCUT2D eigenvalue weighted by molar-refractivity contribution is -0.120.